The number of ketones is 1. The van der Waals surface area contributed by atoms with Gasteiger partial charge in [0, 0.05) is 24.4 Å². The van der Waals surface area contributed by atoms with E-state index in [2.05, 4.69) is 15.0 Å². The summed E-state index contributed by atoms with van der Waals surface area (Å²) in [5.74, 6) is -4.70. The molecule has 0 fully saturated rings. The molecule has 2 N–H and O–H groups in total. The highest BCUT2D eigenvalue weighted by Crippen LogP contribution is 2.34. The van der Waals surface area contributed by atoms with Gasteiger partial charge in [-0.2, -0.15) is 8.42 Å². The summed E-state index contributed by atoms with van der Waals surface area (Å²) in [4.78, 5) is 28.8. The van der Waals surface area contributed by atoms with E-state index in [1.807, 2.05) is 4.72 Å². The Morgan fingerprint density at radius 2 is 2.03 bits per heavy atom. The third-order valence-electron chi connectivity index (χ3n) is 5.15. The minimum Gasteiger partial charge on any atom is -0.465 e. The molecule has 0 amide bonds. The van der Waals surface area contributed by atoms with Gasteiger partial charge in [-0.3, -0.25) is 9.52 Å². The van der Waals surface area contributed by atoms with Crippen LogP contribution in [0.4, 0.5) is 20.3 Å². The number of nitrogens with zero attached hydrogens (tertiary/aromatic N) is 1. The highest BCUT2D eigenvalue weighted by atomic mass is 32.2. The van der Waals surface area contributed by atoms with Crippen molar-refractivity contribution in [3.05, 3.63) is 70.6 Å². The fourth-order valence-corrected chi connectivity index (χ4v) is 4.57. The maximum atomic E-state index is 15.2. The Morgan fingerprint density at radius 1 is 1.27 bits per heavy atom. The topological polar surface area (TPSA) is 128 Å². The molecule has 1 unspecified atom stereocenters. The van der Waals surface area contributed by atoms with E-state index in [0.29, 0.717) is 11.4 Å². The maximum Gasteiger partial charge on any atom is 0.341 e. The molecular formula is C21H17F2N3O6S. The number of hydrogen-bond donors (Lipinski definition) is 2. The molecule has 1 atom stereocenters. The van der Waals surface area contributed by atoms with E-state index in [1.54, 1.807) is 12.1 Å². The van der Waals surface area contributed by atoms with Crippen LogP contribution in [0.15, 0.2) is 46.0 Å². The molecule has 0 saturated carbocycles. The van der Waals surface area contributed by atoms with Crippen LogP contribution in [0.2, 0.25) is 0 Å². The molecule has 3 aromatic rings. The molecular weight excluding hydrogens is 460 g/mol. The van der Waals surface area contributed by atoms with Crippen LogP contribution in [0.5, 0.6) is 0 Å². The van der Waals surface area contributed by atoms with Crippen molar-refractivity contribution in [2.24, 2.45) is 0 Å². The largest absolute Gasteiger partial charge is 0.465 e. The predicted molar refractivity (Wildman–Crippen MR) is 112 cm³/mol. The molecule has 9 nitrogen and oxygen atoms in total. The number of halogens is 2. The summed E-state index contributed by atoms with van der Waals surface area (Å²) in [6.07, 6.45) is 1.51. The predicted octanol–water partition coefficient (Wildman–Crippen LogP) is 3.24. The van der Waals surface area contributed by atoms with Crippen LogP contribution in [-0.2, 0) is 14.8 Å². The zero-order chi connectivity index (χ0) is 23.9. The van der Waals surface area contributed by atoms with Gasteiger partial charge in [-0.05, 0) is 25.1 Å². The van der Waals surface area contributed by atoms with E-state index in [1.165, 1.54) is 13.1 Å². The van der Waals surface area contributed by atoms with Gasteiger partial charge in [0.15, 0.2) is 11.6 Å². The van der Waals surface area contributed by atoms with E-state index in [-0.39, 0.29) is 17.9 Å². The number of ether oxygens (including phenoxy) is 1. The summed E-state index contributed by atoms with van der Waals surface area (Å²) < 4.78 is 66.7. The zero-order valence-corrected chi connectivity index (χ0v) is 18.1. The average Bonchev–Trinajstić information content (AvgIpc) is 3.39. The van der Waals surface area contributed by atoms with Crippen molar-refractivity contribution in [3.63, 3.8) is 0 Å². The van der Waals surface area contributed by atoms with E-state index >= 15 is 4.39 Å². The molecule has 1 aliphatic heterocycles. The highest BCUT2D eigenvalue weighted by molar-refractivity contribution is 7.92. The minimum absolute atomic E-state index is 0.0290. The fraction of sp³-hybridized carbons (Fsp3) is 0.190. The van der Waals surface area contributed by atoms with Gasteiger partial charge in [-0.25, -0.2) is 18.6 Å². The van der Waals surface area contributed by atoms with Gasteiger partial charge in [-0.15, -0.1) is 0 Å². The first kappa shape index (κ1) is 22.4. The lowest BCUT2D eigenvalue weighted by Crippen LogP contribution is -2.20. The van der Waals surface area contributed by atoms with Crippen molar-refractivity contribution < 1.29 is 35.9 Å². The number of esters is 1. The molecule has 3 heterocycles. The number of nitrogens with one attached hydrogen (secondary N) is 2. The monoisotopic (exact) mass is 477 g/mol. The van der Waals surface area contributed by atoms with Gasteiger partial charge in [0.25, 0.3) is 10.0 Å². The first-order valence-corrected chi connectivity index (χ1v) is 11.0. The number of carbonyl (C=O) groups is 2. The van der Waals surface area contributed by atoms with Crippen molar-refractivity contribution in [1.82, 2.24) is 4.98 Å². The Morgan fingerprint density at radius 3 is 2.76 bits per heavy atom. The Bertz CT molecular complexity index is 1390. The van der Waals surface area contributed by atoms with Gasteiger partial charge in [0.05, 0.1) is 24.3 Å². The number of carbonyl (C=O) groups excluding carboxylic acids is 2. The number of methoxy groups -OCH3 is 1. The number of pyridine rings is 1. The average molecular weight is 477 g/mol. The van der Waals surface area contributed by atoms with E-state index in [4.69, 9.17) is 4.42 Å². The lowest BCUT2D eigenvalue weighted by atomic mass is 9.92. The summed E-state index contributed by atoms with van der Waals surface area (Å²) in [5.41, 5.74) is -1.20. The maximum absolute atomic E-state index is 15.2. The van der Waals surface area contributed by atoms with E-state index in [0.717, 1.165) is 25.3 Å². The van der Waals surface area contributed by atoms with Crippen molar-refractivity contribution >= 4 is 33.3 Å². The number of Topliss-reactive ketones (excluding diaryl/α,β-unsaturated/α-hetero) is 1. The molecule has 4 rings (SSSR count). The van der Waals surface area contributed by atoms with Gasteiger partial charge < -0.3 is 14.5 Å². The van der Waals surface area contributed by atoms with Crippen molar-refractivity contribution in [1.29, 1.82) is 0 Å². The SMILES string of the molecule is COC(=O)c1cc(S(=O)(=O)Nc2ccc(F)c(C(=O)C3CNc4ncccc43)c2F)oc1C. The third-order valence-corrected chi connectivity index (χ3v) is 6.37. The summed E-state index contributed by atoms with van der Waals surface area (Å²) in [6, 6.07) is 5.76. The second-order valence-electron chi connectivity index (χ2n) is 7.16. The van der Waals surface area contributed by atoms with Crippen LogP contribution in [0.1, 0.15) is 38.0 Å². The Labute approximate surface area is 186 Å². The van der Waals surface area contributed by atoms with Gasteiger partial charge in [-0.1, -0.05) is 6.07 Å². The Balaban J connectivity index is 1.68. The second-order valence-corrected chi connectivity index (χ2v) is 8.77. The second kappa shape index (κ2) is 8.28. The van der Waals surface area contributed by atoms with Crippen molar-refractivity contribution in [2.75, 3.05) is 23.7 Å². The van der Waals surface area contributed by atoms with Gasteiger partial charge in [0.1, 0.15) is 23.0 Å². The number of rotatable bonds is 6. The van der Waals surface area contributed by atoms with Crippen molar-refractivity contribution in [2.45, 2.75) is 17.9 Å². The standard InChI is InChI=1S/C21H17F2N3O6S/c1-10-12(21(28)31-2)8-16(32-10)33(29,30)26-15-6-5-14(22)17(18(15)23)19(27)13-9-25-20-11(13)4-3-7-24-20/h3-8,13,26H,9H2,1-2H3,(H,24,25). The molecule has 2 aromatic heterocycles. The molecule has 12 heteroatoms. The minimum atomic E-state index is -4.52. The number of anilines is 2. The number of aromatic nitrogens is 1. The third kappa shape index (κ3) is 3.93. The lowest BCUT2D eigenvalue weighted by Gasteiger charge is -2.14. The fourth-order valence-electron chi connectivity index (χ4n) is 3.52. The summed E-state index contributed by atoms with van der Waals surface area (Å²) in [7, 11) is -3.41. The number of hydrogen-bond acceptors (Lipinski definition) is 8. The van der Waals surface area contributed by atoms with Crippen LogP contribution in [0.25, 0.3) is 0 Å². The summed E-state index contributed by atoms with van der Waals surface area (Å²) in [5, 5.41) is 2.21. The molecule has 1 aliphatic rings. The normalized spacial score (nSPS) is 15.0. The quantitative estimate of drug-likeness (QED) is 0.409. The molecule has 0 radical (unpaired) electrons. The number of fused-ring (bicyclic) bond motifs is 1. The highest BCUT2D eigenvalue weighted by Gasteiger charge is 2.34. The molecule has 0 saturated heterocycles. The number of sulfonamides is 1. The lowest BCUT2D eigenvalue weighted by molar-refractivity contribution is 0.0598. The molecule has 1 aromatic carbocycles. The van der Waals surface area contributed by atoms with Gasteiger partial charge in [0.2, 0.25) is 5.09 Å². The van der Waals surface area contributed by atoms with Crippen LogP contribution in [0, 0.1) is 18.6 Å². The van der Waals surface area contributed by atoms with Crippen molar-refractivity contribution in [3.8, 4) is 0 Å². The zero-order valence-electron chi connectivity index (χ0n) is 17.3. The smallest absolute Gasteiger partial charge is 0.341 e. The Hall–Kier alpha value is -3.80. The van der Waals surface area contributed by atoms with E-state index < -0.39 is 55.7 Å². The molecule has 0 spiro atoms. The number of benzene rings is 1. The van der Waals surface area contributed by atoms with Crippen LogP contribution in [0.3, 0.4) is 0 Å². The van der Waals surface area contributed by atoms with E-state index in [9.17, 15) is 22.4 Å². The molecule has 0 aliphatic carbocycles. The molecule has 0 bridgehead atoms. The number of furan rings is 1. The Kier molecular flexibility index (Phi) is 5.62. The van der Waals surface area contributed by atoms with Crippen LogP contribution < -0.4 is 10.0 Å². The summed E-state index contributed by atoms with van der Waals surface area (Å²) in [6.45, 7) is 1.44. The molecule has 33 heavy (non-hydrogen) atoms. The van der Waals surface area contributed by atoms with Crippen LogP contribution in [-0.4, -0.2) is 38.8 Å². The van der Waals surface area contributed by atoms with Crippen LogP contribution >= 0.6 is 0 Å². The van der Waals surface area contributed by atoms with Gasteiger partial charge >= 0.3 is 5.97 Å². The summed E-state index contributed by atoms with van der Waals surface area (Å²) >= 11 is 0. The first-order chi connectivity index (χ1) is 15.6. The number of aryl methyl sites for hydroxylation is 1. The molecule has 172 valence electrons. The first-order valence-electron chi connectivity index (χ1n) is 9.56.